The van der Waals surface area contributed by atoms with E-state index in [4.69, 9.17) is 10.8 Å². The zero-order valence-corrected chi connectivity index (χ0v) is 11.7. The third-order valence-corrected chi connectivity index (χ3v) is 4.54. The fourth-order valence-electron chi connectivity index (χ4n) is 2.49. The summed E-state index contributed by atoms with van der Waals surface area (Å²) in [6, 6.07) is 2.22. The smallest absolute Gasteiger partial charge is 0.407 e. The largest absolute Gasteiger partial charge is 0.465 e. The summed E-state index contributed by atoms with van der Waals surface area (Å²) in [5.41, 5.74) is 8.52. The predicted molar refractivity (Wildman–Crippen MR) is 80.3 cm³/mol. The molecule has 0 aromatic carbocycles. The summed E-state index contributed by atoms with van der Waals surface area (Å²) in [7, 11) is 0. The van der Waals surface area contributed by atoms with Gasteiger partial charge in [0.1, 0.15) is 0 Å². The van der Waals surface area contributed by atoms with Gasteiger partial charge in [-0.05, 0) is 24.3 Å². The maximum absolute atomic E-state index is 10.9. The fraction of sp³-hybridized carbons (Fsp3) is 0.385. The summed E-state index contributed by atoms with van der Waals surface area (Å²) in [4.78, 5) is 16.6. The molecule has 2 aromatic rings. The number of anilines is 2. The number of hydrogen-bond acceptors (Lipinski definition) is 5. The molecular weight excluding hydrogens is 276 g/mol. The van der Waals surface area contributed by atoms with Crippen molar-refractivity contribution in [3.63, 3.8) is 0 Å². The lowest BCUT2D eigenvalue weighted by molar-refractivity contribution is 0.134. The van der Waals surface area contributed by atoms with Crippen LogP contribution in [0.2, 0.25) is 0 Å². The van der Waals surface area contributed by atoms with Gasteiger partial charge in [-0.15, -0.1) is 11.3 Å². The molecule has 1 aliphatic rings. The van der Waals surface area contributed by atoms with E-state index in [2.05, 4.69) is 10.3 Å². The molecule has 7 heteroatoms. The SMILES string of the molecule is Nc1cnc2ccsc2c1NC1CCN(C(=O)O)CC1. The fourth-order valence-corrected chi connectivity index (χ4v) is 3.36. The molecule has 0 aliphatic carbocycles. The van der Waals surface area contributed by atoms with Crippen LogP contribution < -0.4 is 11.1 Å². The lowest BCUT2D eigenvalue weighted by Crippen LogP contribution is -2.41. The number of amides is 1. The molecule has 0 bridgehead atoms. The molecule has 106 valence electrons. The summed E-state index contributed by atoms with van der Waals surface area (Å²) in [5, 5.41) is 14.4. The van der Waals surface area contributed by atoms with Crippen molar-refractivity contribution >= 4 is 39.0 Å². The van der Waals surface area contributed by atoms with Crippen LogP contribution in [0.4, 0.5) is 16.2 Å². The first-order chi connectivity index (χ1) is 9.65. The van der Waals surface area contributed by atoms with Gasteiger partial charge in [-0.25, -0.2) is 4.79 Å². The van der Waals surface area contributed by atoms with Crippen LogP contribution in [0.1, 0.15) is 12.8 Å². The van der Waals surface area contributed by atoms with Crippen LogP contribution in [0.5, 0.6) is 0 Å². The molecule has 0 radical (unpaired) electrons. The highest BCUT2D eigenvalue weighted by molar-refractivity contribution is 7.17. The van der Waals surface area contributed by atoms with Crippen LogP contribution in [0.25, 0.3) is 10.2 Å². The number of nitrogen functional groups attached to an aromatic ring is 1. The lowest BCUT2D eigenvalue weighted by Gasteiger charge is -2.31. The number of rotatable bonds is 2. The molecule has 6 nitrogen and oxygen atoms in total. The van der Waals surface area contributed by atoms with Gasteiger partial charge in [0.25, 0.3) is 0 Å². The van der Waals surface area contributed by atoms with Crippen LogP contribution in [0.3, 0.4) is 0 Å². The van der Waals surface area contributed by atoms with Crippen molar-refractivity contribution in [2.24, 2.45) is 0 Å². The van der Waals surface area contributed by atoms with Gasteiger partial charge in [0.2, 0.25) is 0 Å². The molecule has 4 N–H and O–H groups in total. The first-order valence-electron chi connectivity index (χ1n) is 6.51. The number of carboxylic acid groups (broad SMARTS) is 1. The Kier molecular flexibility index (Phi) is 3.35. The number of thiophene rings is 1. The Hall–Kier alpha value is -2.02. The molecular formula is C13H16N4O2S. The van der Waals surface area contributed by atoms with E-state index >= 15 is 0 Å². The van der Waals surface area contributed by atoms with E-state index in [0.717, 1.165) is 28.7 Å². The van der Waals surface area contributed by atoms with E-state index in [9.17, 15) is 4.79 Å². The van der Waals surface area contributed by atoms with Crippen molar-refractivity contribution < 1.29 is 9.90 Å². The summed E-state index contributed by atoms with van der Waals surface area (Å²) in [6.07, 6.45) is 2.42. The Morgan fingerprint density at radius 2 is 2.25 bits per heavy atom. The van der Waals surface area contributed by atoms with Crippen molar-refractivity contribution in [1.82, 2.24) is 9.88 Å². The van der Waals surface area contributed by atoms with E-state index in [1.54, 1.807) is 17.5 Å². The Morgan fingerprint density at radius 1 is 1.50 bits per heavy atom. The van der Waals surface area contributed by atoms with Crippen molar-refractivity contribution in [3.05, 3.63) is 17.6 Å². The van der Waals surface area contributed by atoms with Crippen molar-refractivity contribution in [2.45, 2.75) is 18.9 Å². The quantitative estimate of drug-likeness (QED) is 0.790. The highest BCUT2D eigenvalue weighted by Gasteiger charge is 2.23. The molecule has 20 heavy (non-hydrogen) atoms. The van der Waals surface area contributed by atoms with Gasteiger partial charge in [0, 0.05) is 19.1 Å². The second kappa shape index (κ2) is 5.16. The molecule has 0 saturated carbocycles. The molecule has 0 atom stereocenters. The van der Waals surface area contributed by atoms with Crippen molar-refractivity contribution in [3.8, 4) is 0 Å². The van der Waals surface area contributed by atoms with Crippen molar-refractivity contribution in [2.75, 3.05) is 24.1 Å². The molecule has 1 saturated heterocycles. The summed E-state index contributed by atoms with van der Waals surface area (Å²) in [5.74, 6) is 0. The number of fused-ring (bicyclic) bond motifs is 1. The number of pyridine rings is 1. The molecule has 1 aliphatic heterocycles. The van der Waals surface area contributed by atoms with Gasteiger partial charge in [0.15, 0.2) is 0 Å². The van der Waals surface area contributed by atoms with Crippen LogP contribution in [-0.4, -0.2) is 40.2 Å². The second-order valence-corrected chi connectivity index (χ2v) is 5.83. The first-order valence-corrected chi connectivity index (χ1v) is 7.39. The van der Waals surface area contributed by atoms with E-state index in [1.165, 1.54) is 4.90 Å². The van der Waals surface area contributed by atoms with Crippen LogP contribution in [0.15, 0.2) is 17.6 Å². The topological polar surface area (TPSA) is 91.5 Å². The highest BCUT2D eigenvalue weighted by Crippen LogP contribution is 2.33. The van der Waals surface area contributed by atoms with Gasteiger partial charge in [0.05, 0.1) is 27.8 Å². The van der Waals surface area contributed by atoms with E-state index in [-0.39, 0.29) is 6.04 Å². The third kappa shape index (κ3) is 2.36. The van der Waals surface area contributed by atoms with Gasteiger partial charge in [-0.1, -0.05) is 0 Å². The van der Waals surface area contributed by atoms with E-state index < -0.39 is 6.09 Å². The van der Waals surface area contributed by atoms with Crippen molar-refractivity contribution in [1.29, 1.82) is 0 Å². The normalized spacial score (nSPS) is 16.5. The minimum atomic E-state index is -0.840. The van der Waals surface area contributed by atoms with Gasteiger partial charge in [-0.3, -0.25) is 4.98 Å². The minimum absolute atomic E-state index is 0.251. The number of aromatic nitrogens is 1. The number of piperidine rings is 1. The van der Waals surface area contributed by atoms with E-state index in [0.29, 0.717) is 18.8 Å². The third-order valence-electron chi connectivity index (χ3n) is 3.62. The summed E-state index contributed by atoms with van der Waals surface area (Å²) in [6.45, 7) is 1.12. The number of nitrogens with two attached hydrogens (primary N) is 1. The Bertz CT molecular complexity index is 634. The zero-order valence-electron chi connectivity index (χ0n) is 10.9. The number of hydrogen-bond donors (Lipinski definition) is 3. The number of likely N-dealkylation sites (tertiary alicyclic amines) is 1. The minimum Gasteiger partial charge on any atom is -0.465 e. The number of nitrogens with one attached hydrogen (secondary N) is 1. The number of carbonyl (C=O) groups is 1. The molecule has 2 aromatic heterocycles. The first kappa shape index (κ1) is 13.0. The Labute approximate surface area is 120 Å². The Morgan fingerprint density at radius 3 is 2.95 bits per heavy atom. The monoisotopic (exact) mass is 292 g/mol. The van der Waals surface area contributed by atoms with E-state index in [1.807, 2.05) is 11.4 Å². The molecule has 0 spiro atoms. The lowest BCUT2D eigenvalue weighted by atomic mass is 10.0. The molecule has 0 unspecified atom stereocenters. The summed E-state index contributed by atoms with van der Waals surface area (Å²) < 4.78 is 1.06. The van der Waals surface area contributed by atoms with Crippen LogP contribution >= 0.6 is 11.3 Å². The standard InChI is InChI=1S/C13H16N4O2S/c14-9-7-15-10-3-6-20-12(10)11(9)16-8-1-4-17(5-2-8)13(18)19/h3,6-8H,1-2,4-5,14H2,(H,15,16)(H,18,19). The maximum Gasteiger partial charge on any atom is 0.407 e. The number of nitrogens with zero attached hydrogens (tertiary/aromatic N) is 2. The molecule has 1 fully saturated rings. The Balaban J connectivity index is 1.76. The van der Waals surface area contributed by atoms with Crippen LogP contribution in [-0.2, 0) is 0 Å². The van der Waals surface area contributed by atoms with Gasteiger partial charge >= 0.3 is 6.09 Å². The second-order valence-electron chi connectivity index (χ2n) is 4.91. The molecule has 3 heterocycles. The van der Waals surface area contributed by atoms with Crippen LogP contribution in [0, 0.1) is 0 Å². The predicted octanol–water partition coefficient (Wildman–Crippen LogP) is 2.43. The zero-order chi connectivity index (χ0) is 14.1. The average molecular weight is 292 g/mol. The molecule has 3 rings (SSSR count). The van der Waals surface area contributed by atoms with Gasteiger partial charge < -0.3 is 21.1 Å². The maximum atomic E-state index is 10.9. The summed E-state index contributed by atoms with van der Waals surface area (Å²) >= 11 is 1.61. The highest BCUT2D eigenvalue weighted by atomic mass is 32.1. The van der Waals surface area contributed by atoms with Gasteiger partial charge in [-0.2, -0.15) is 0 Å². The molecule has 1 amide bonds. The average Bonchev–Trinajstić information content (AvgIpc) is 2.91.